The Morgan fingerprint density at radius 1 is 0.473 bits per heavy atom. The molecular weight excluding hydrogens is 1540 g/mol. The van der Waals surface area contributed by atoms with Crippen molar-refractivity contribution in [2.24, 2.45) is 5.10 Å². The number of carbonyl (C=O) groups is 7. The molecule has 0 unspecified atom stereocenters. The first-order valence-electron chi connectivity index (χ1n) is 34.6. The molecule has 15 rings (SSSR count). The second-order valence-corrected chi connectivity index (χ2v) is 26.1. The maximum atomic E-state index is 13.5. The van der Waals surface area contributed by atoms with Gasteiger partial charge in [-0.3, -0.25) is 46.4 Å². The number of nitrogens with zero attached hydrogens (tertiary/aromatic N) is 11. The average Bonchev–Trinajstić information content (AvgIpc) is 1.62. The first-order chi connectivity index (χ1) is 54.1. The van der Waals surface area contributed by atoms with Crippen molar-refractivity contribution in [1.29, 1.82) is 5.26 Å². The van der Waals surface area contributed by atoms with Crippen LogP contribution in [0.3, 0.4) is 0 Å². The van der Waals surface area contributed by atoms with Crippen LogP contribution in [-0.2, 0) is 41.7 Å². The molecule has 8 aromatic heterocycles. The molecule has 0 N–H and O–H groups in total. The third-order valence-corrected chi connectivity index (χ3v) is 17.3. The van der Waals surface area contributed by atoms with Crippen molar-refractivity contribution in [3.8, 4) is 51.1 Å². The number of carbonyl (C=O) groups excluding carboxylic acids is 7. The minimum atomic E-state index is -0.598. The number of hydrazone groups is 1. The van der Waals surface area contributed by atoms with E-state index in [0.717, 1.165) is 72.7 Å². The number of hydrogen-bond donors (Lipinski definition) is 0. The summed E-state index contributed by atoms with van der Waals surface area (Å²) in [6.45, 7) is 2.93. The Bertz CT molecular complexity index is 5540. The fraction of sp³-hybridized carbons (Fsp3) is 0.193. The fourth-order valence-corrected chi connectivity index (χ4v) is 12.1. The van der Waals surface area contributed by atoms with Gasteiger partial charge in [0, 0.05) is 85.7 Å². The fourth-order valence-electron chi connectivity index (χ4n) is 12.1. The molecule has 9 heterocycles. The Hall–Kier alpha value is -12.3. The molecule has 5 aromatic carbocycles. The minimum absolute atomic E-state index is 0.00173. The monoisotopic (exact) mass is 1610 g/mol. The van der Waals surface area contributed by atoms with Crippen LogP contribution in [0.4, 0.5) is 22.0 Å². The molecule has 112 heavy (non-hydrogen) atoms. The van der Waals surface area contributed by atoms with E-state index >= 15 is 0 Å². The van der Waals surface area contributed by atoms with Crippen LogP contribution >= 0.6 is 20.2 Å². The summed E-state index contributed by atoms with van der Waals surface area (Å²) >= 11 is 0.757. The van der Waals surface area contributed by atoms with Crippen LogP contribution in [0.25, 0.3) is 67.6 Å². The van der Waals surface area contributed by atoms with Gasteiger partial charge in [0.15, 0.2) is 23.0 Å². The summed E-state index contributed by atoms with van der Waals surface area (Å²) in [4.78, 5) is 101. The number of fused-ring (bicyclic) bond motifs is 4. The van der Waals surface area contributed by atoms with Crippen molar-refractivity contribution >= 4 is 89.7 Å². The van der Waals surface area contributed by atoms with Crippen LogP contribution in [0, 0.1) is 40.4 Å². The molecule has 0 radical (unpaired) electrons. The first-order valence-corrected chi connectivity index (χ1v) is 37.2. The SMILES string of the molecule is CC#N.CC(=O)c1c(-c2ccc(F)cc2)nc2ccccn12.COC(=O)CC(=O)c1ccc(F)cc1.COC(=O)CCC(=O)c1c(-c2ccc(F)cc2)nc2ccccn12.COC(=O)c1c(-c2ccc(F)cc2)nc2ccccn12.O=C1CCC(c2c(-c3ccc(F)cc3)nc3ccccn23)=NN1C1CCCCC1.[Cl][Cu][Cl]. The summed E-state index contributed by atoms with van der Waals surface area (Å²) in [6, 6.07) is 53.2. The van der Waals surface area contributed by atoms with E-state index in [4.69, 9.17) is 20.1 Å². The van der Waals surface area contributed by atoms with Gasteiger partial charge in [-0.2, -0.15) is 10.4 Å². The molecule has 2 aliphatic rings. The molecule has 21 nitrogen and oxygen atoms in total. The van der Waals surface area contributed by atoms with Gasteiger partial charge >= 0.3 is 51.2 Å². The van der Waals surface area contributed by atoms with E-state index in [-0.39, 0.29) is 71.8 Å². The van der Waals surface area contributed by atoms with E-state index < -0.39 is 23.7 Å². The second kappa shape index (κ2) is 40.9. The Kier molecular flexibility index (Phi) is 30.6. The number of ether oxygens (including phenoxy) is 3. The number of imidazole rings is 4. The molecular formula is C83H72Cl2CuF5N11O10. The van der Waals surface area contributed by atoms with Gasteiger partial charge in [0.25, 0.3) is 0 Å². The number of hydrogen-bond acceptors (Lipinski definition) is 16. The maximum absolute atomic E-state index is 13.5. The average molecular weight is 1610 g/mol. The third-order valence-electron chi connectivity index (χ3n) is 17.3. The van der Waals surface area contributed by atoms with E-state index in [1.54, 1.807) is 116 Å². The number of halogens is 7. The van der Waals surface area contributed by atoms with E-state index in [2.05, 4.69) is 44.6 Å². The molecule has 1 fully saturated rings. The van der Waals surface area contributed by atoms with E-state index in [0.29, 0.717) is 80.6 Å². The van der Waals surface area contributed by atoms with Crippen molar-refractivity contribution in [3.05, 3.63) is 276 Å². The van der Waals surface area contributed by atoms with Gasteiger partial charge in [-0.25, -0.2) is 51.7 Å². The van der Waals surface area contributed by atoms with Gasteiger partial charge in [0.05, 0.1) is 57.0 Å². The number of esters is 3. The number of ketones is 3. The number of benzene rings is 5. The number of rotatable bonds is 15. The zero-order valence-electron chi connectivity index (χ0n) is 60.9. The predicted octanol–water partition coefficient (Wildman–Crippen LogP) is 17.8. The number of Topliss-reactive ketones (excluding diaryl/α,β-unsaturated/α-hetero) is 3. The van der Waals surface area contributed by atoms with Gasteiger partial charge in [-0.1, -0.05) is 43.5 Å². The number of nitriles is 1. The molecule has 0 saturated heterocycles. The molecule has 1 amide bonds. The normalized spacial score (nSPS) is 12.3. The molecule has 579 valence electrons. The molecule has 1 aliphatic heterocycles. The summed E-state index contributed by atoms with van der Waals surface area (Å²) in [5, 5.41) is 13.9. The van der Waals surface area contributed by atoms with Crippen molar-refractivity contribution in [2.45, 2.75) is 84.1 Å². The predicted molar refractivity (Wildman–Crippen MR) is 409 cm³/mol. The van der Waals surface area contributed by atoms with Gasteiger partial charge in [-0.05, 0) is 183 Å². The van der Waals surface area contributed by atoms with Gasteiger partial charge in [-0.15, -0.1) is 0 Å². The second-order valence-electron chi connectivity index (χ2n) is 24.6. The zero-order chi connectivity index (χ0) is 80.4. The zero-order valence-corrected chi connectivity index (χ0v) is 63.3. The first kappa shape index (κ1) is 83.7. The van der Waals surface area contributed by atoms with Crippen molar-refractivity contribution in [3.63, 3.8) is 0 Å². The molecule has 0 atom stereocenters. The number of pyridine rings is 4. The quantitative estimate of drug-likeness (QED) is 0.0231. The molecule has 0 spiro atoms. The van der Waals surface area contributed by atoms with Gasteiger partial charge in [0.2, 0.25) is 5.91 Å². The van der Waals surface area contributed by atoms with Crippen molar-refractivity contribution < 1.29 is 82.9 Å². The molecule has 1 saturated carbocycles. The van der Waals surface area contributed by atoms with Crippen LogP contribution < -0.4 is 0 Å². The van der Waals surface area contributed by atoms with Crippen molar-refractivity contribution in [1.82, 2.24) is 42.5 Å². The molecule has 29 heteroatoms. The molecule has 0 bridgehead atoms. The summed E-state index contributed by atoms with van der Waals surface area (Å²) in [7, 11) is 13.2. The Labute approximate surface area is 654 Å². The summed E-state index contributed by atoms with van der Waals surface area (Å²) in [5.74, 6) is -3.79. The van der Waals surface area contributed by atoms with Gasteiger partial charge < -0.3 is 14.2 Å². The molecule has 13 aromatic rings. The van der Waals surface area contributed by atoms with Crippen LogP contribution in [0.15, 0.2) is 224 Å². The van der Waals surface area contributed by atoms with E-state index in [9.17, 15) is 55.5 Å². The number of aromatic nitrogens is 8. The van der Waals surface area contributed by atoms with E-state index in [1.807, 2.05) is 59.1 Å². The Morgan fingerprint density at radius 2 is 0.839 bits per heavy atom. The van der Waals surface area contributed by atoms with Crippen LogP contribution in [0.2, 0.25) is 0 Å². The Morgan fingerprint density at radius 3 is 1.26 bits per heavy atom. The van der Waals surface area contributed by atoms with Crippen LogP contribution in [-0.4, -0.2) is 117 Å². The van der Waals surface area contributed by atoms with E-state index in [1.165, 1.54) is 114 Å². The van der Waals surface area contributed by atoms with Crippen LogP contribution in [0.1, 0.15) is 126 Å². The van der Waals surface area contributed by atoms with Crippen LogP contribution in [0.5, 0.6) is 0 Å². The summed E-state index contributed by atoms with van der Waals surface area (Å²) in [6.07, 6.45) is 13.5. The number of amides is 1. The topological polar surface area (TPSA) is 256 Å². The number of methoxy groups -OCH3 is 3. The Balaban J connectivity index is 0.000000161. The van der Waals surface area contributed by atoms with Crippen molar-refractivity contribution in [2.75, 3.05) is 21.3 Å². The van der Waals surface area contributed by atoms with Gasteiger partial charge in [0.1, 0.15) is 86.6 Å². The third kappa shape index (κ3) is 21.6. The standard InChI is InChI=1S/C23H23FN4O.C18H15FN2O3.C15H11FN2O2.C15H11FN2O.C10H9FO3.C2H3N.2ClH.Cu/c24-17-11-9-16(10-12-17)22-23(27-15-5-4-8-20(27)25-22)19-13-14-21(29)28(26-19)18-6-2-1-3-7-18;1-24-16(23)10-9-14(22)18-17(12-5-7-13(19)8-6-12)20-15-4-2-3-11-21(15)18;1-20-15(19)14-13(10-5-7-11(16)8-6-10)17-12-4-2-3-9-18(12)14;1-10(19)15-14(11-5-7-12(16)8-6-11)17-13-4-2-3-9-18(13)15;1-14-10(13)6-9(12)7-2-4-8(11)5-3-7;1-2-3;;;/h4-5,8-12,15,18H,1-3,6-7,13-14H2;2-8,11H,9-10H2,1H3;2-9H,1H3;2-9H,1H3;2-5H,6H2,1H3;1H3;2*1H;/q;;;;;;;;+2/p-2. The molecule has 1 aliphatic carbocycles. The summed E-state index contributed by atoms with van der Waals surface area (Å²) < 4.78 is 85.9. The summed E-state index contributed by atoms with van der Waals surface area (Å²) in [5.41, 5.74) is 11.2.